The zero-order chi connectivity index (χ0) is 10.7. The third-order valence-corrected chi connectivity index (χ3v) is 3.11. The van der Waals surface area contributed by atoms with Crippen LogP contribution in [0.1, 0.15) is 5.01 Å². The highest BCUT2D eigenvalue weighted by molar-refractivity contribution is 9.10. The fourth-order valence-corrected chi connectivity index (χ4v) is 1.93. The normalized spacial score (nSPS) is 10.2. The molecule has 1 aromatic carbocycles. The Morgan fingerprint density at radius 1 is 1.33 bits per heavy atom. The first kappa shape index (κ1) is 10.4. The van der Waals surface area contributed by atoms with E-state index in [-0.39, 0.29) is 0 Å². The predicted octanol–water partition coefficient (Wildman–Crippen LogP) is 3.07. The van der Waals surface area contributed by atoms with Crippen LogP contribution in [0.25, 0.3) is 0 Å². The number of hydrogen-bond donors (Lipinski definition) is 1. The van der Waals surface area contributed by atoms with Crippen LogP contribution in [0.15, 0.2) is 34.1 Å². The molecule has 3 nitrogen and oxygen atoms in total. The summed E-state index contributed by atoms with van der Waals surface area (Å²) in [5.74, 6) is 1.38. The molecule has 0 aliphatic heterocycles. The summed E-state index contributed by atoms with van der Waals surface area (Å²) < 4.78 is 6.57. The Morgan fingerprint density at radius 3 is 2.67 bits per heavy atom. The maximum atomic E-state index is 5.53. The van der Waals surface area contributed by atoms with Crippen LogP contribution >= 0.6 is 27.3 Å². The van der Waals surface area contributed by atoms with Crippen molar-refractivity contribution in [1.82, 2.24) is 4.98 Å². The molecule has 0 aliphatic carbocycles. The number of nitrogens with two attached hydrogens (primary N) is 1. The summed E-state index contributed by atoms with van der Waals surface area (Å²) in [6, 6.07) is 7.68. The second-order valence-corrected chi connectivity index (χ2v) is 4.77. The standard InChI is InChI=1S/C10H9BrN2OS/c11-7-1-3-8(4-2-7)14-5-10-13-9(12)6-15-10/h1-4,6H,5,12H2. The number of thiazole rings is 1. The van der Waals surface area contributed by atoms with E-state index in [1.54, 1.807) is 5.38 Å². The molecule has 0 atom stereocenters. The van der Waals surface area contributed by atoms with Gasteiger partial charge in [-0.05, 0) is 24.3 Å². The van der Waals surface area contributed by atoms with E-state index >= 15 is 0 Å². The van der Waals surface area contributed by atoms with Crippen molar-refractivity contribution in [1.29, 1.82) is 0 Å². The highest BCUT2D eigenvalue weighted by atomic mass is 79.9. The Morgan fingerprint density at radius 2 is 2.07 bits per heavy atom. The number of halogens is 1. The van der Waals surface area contributed by atoms with Crippen molar-refractivity contribution in [3.8, 4) is 5.75 Å². The number of benzene rings is 1. The second kappa shape index (κ2) is 4.63. The molecule has 0 amide bonds. The monoisotopic (exact) mass is 284 g/mol. The van der Waals surface area contributed by atoms with Gasteiger partial charge in [0.2, 0.25) is 0 Å². The van der Waals surface area contributed by atoms with Crippen molar-refractivity contribution in [2.75, 3.05) is 5.73 Å². The van der Waals surface area contributed by atoms with Crippen molar-refractivity contribution < 1.29 is 4.74 Å². The lowest BCUT2D eigenvalue weighted by Gasteiger charge is -2.03. The first-order chi connectivity index (χ1) is 7.24. The minimum absolute atomic E-state index is 0.462. The number of nitrogen functional groups attached to an aromatic ring is 1. The molecule has 78 valence electrons. The van der Waals surface area contributed by atoms with Gasteiger partial charge < -0.3 is 10.5 Å². The number of hydrogen-bond acceptors (Lipinski definition) is 4. The highest BCUT2D eigenvalue weighted by Gasteiger charge is 2.00. The number of rotatable bonds is 3. The molecule has 2 rings (SSSR count). The van der Waals surface area contributed by atoms with Gasteiger partial charge in [0, 0.05) is 9.85 Å². The zero-order valence-electron chi connectivity index (χ0n) is 7.81. The molecular weight excluding hydrogens is 276 g/mol. The first-order valence-corrected chi connectivity index (χ1v) is 5.99. The second-order valence-electron chi connectivity index (χ2n) is 2.91. The summed E-state index contributed by atoms with van der Waals surface area (Å²) in [5, 5.41) is 2.69. The Hall–Kier alpha value is -1.07. The van der Waals surface area contributed by atoms with Gasteiger partial charge in [-0.2, -0.15) is 0 Å². The average Bonchev–Trinajstić information content (AvgIpc) is 2.64. The van der Waals surface area contributed by atoms with Crippen molar-refractivity contribution in [3.63, 3.8) is 0 Å². The molecule has 1 heterocycles. The van der Waals surface area contributed by atoms with Crippen LogP contribution in [-0.2, 0) is 6.61 Å². The molecule has 0 fully saturated rings. The predicted molar refractivity (Wildman–Crippen MR) is 65.0 cm³/mol. The van der Waals surface area contributed by atoms with E-state index < -0.39 is 0 Å². The molecule has 0 bridgehead atoms. The molecule has 0 saturated heterocycles. The number of aromatic nitrogens is 1. The van der Waals surface area contributed by atoms with E-state index in [0.29, 0.717) is 12.4 Å². The van der Waals surface area contributed by atoms with Crippen LogP contribution in [0.4, 0.5) is 5.82 Å². The van der Waals surface area contributed by atoms with Gasteiger partial charge in [0.1, 0.15) is 23.2 Å². The molecule has 15 heavy (non-hydrogen) atoms. The van der Waals surface area contributed by atoms with E-state index in [9.17, 15) is 0 Å². The topological polar surface area (TPSA) is 48.1 Å². The molecule has 0 unspecified atom stereocenters. The van der Waals surface area contributed by atoms with Crippen LogP contribution in [0.5, 0.6) is 5.75 Å². The van der Waals surface area contributed by atoms with Gasteiger partial charge in [-0.25, -0.2) is 4.98 Å². The Kier molecular flexibility index (Phi) is 3.23. The van der Waals surface area contributed by atoms with Gasteiger partial charge >= 0.3 is 0 Å². The third kappa shape index (κ3) is 2.94. The summed E-state index contributed by atoms with van der Waals surface area (Å²) in [4.78, 5) is 4.11. The highest BCUT2D eigenvalue weighted by Crippen LogP contribution is 2.18. The maximum Gasteiger partial charge on any atom is 0.140 e. The molecule has 2 N–H and O–H groups in total. The lowest BCUT2D eigenvalue weighted by atomic mass is 10.3. The fourth-order valence-electron chi connectivity index (χ4n) is 1.07. The largest absolute Gasteiger partial charge is 0.486 e. The molecule has 5 heteroatoms. The molecule has 0 aliphatic rings. The lowest BCUT2D eigenvalue weighted by molar-refractivity contribution is 0.305. The number of nitrogens with zero attached hydrogens (tertiary/aromatic N) is 1. The maximum absolute atomic E-state index is 5.53. The van der Waals surface area contributed by atoms with Gasteiger partial charge in [0.25, 0.3) is 0 Å². The van der Waals surface area contributed by atoms with Gasteiger partial charge in [0.05, 0.1) is 0 Å². The van der Waals surface area contributed by atoms with Gasteiger partial charge in [-0.3, -0.25) is 0 Å². The Bertz CT molecular complexity index is 441. The first-order valence-electron chi connectivity index (χ1n) is 4.32. The summed E-state index contributed by atoms with van der Waals surface area (Å²) in [6.45, 7) is 0.462. The van der Waals surface area contributed by atoms with E-state index in [4.69, 9.17) is 10.5 Å². The van der Waals surface area contributed by atoms with E-state index in [0.717, 1.165) is 15.2 Å². The quantitative estimate of drug-likeness (QED) is 0.942. The minimum Gasteiger partial charge on any atom is -0.486 e. The molecule has 0 spiro atoms. The van der Waals surface area contributed by atoms with E-state index in [1.807, 2.05) is 24.3 Å². The summed E-state index contributed by atoms with van der Waals surface area (Å²) in [6.07, 6.45) is 0. The van der Waals surface area contributed by atoms with Crippen LogP contribution in [-0.4, -0.2) is 4.98 Å². The van der Waals surface area contributed by atoms with Gasteiger partial charge in [0.15, 0.2) is 0 Å². The van der Waals surface area contributed by atoms with Crippen molar-refractivity contribution in [2.45, 2.75) is 6.61 Å². The van der Waals surface area contributed by atoms with E-state index in [1.165, 1.54) is 11.3 Å². The fraction of sp³-hybridized carbons (Fsp3) is 0.100. The van der Waals surface area contributed by atoms with E-state index in [2.05, 4.69) is 20.9 Å². The minimum atomic E-state index is 0.462. The van der Waals surface area contributed by atoms with Crippen LogP contribution in [0, 0.1) is 0 Å². The molecule has 2 aromatic rings. The Balaban J connectivity index is 1.96. The van der Waals surface area contributed by atoms with Gasteiger partial charge in [-0.1, -0.05) is 15.9 Å². The molecule has 0 saturated carbocycles. The smallest absolute Gasteiger partial charge is 0.140 e. The summed E-state index contributed by atoms with van der Waals surface area (Å²) in [5.41, 5.74) is 5.50. The lowest BCUT2D eigenvalue weighted by Crippen LogP contribution is -1.95. The Labute approximate surface area is 100 Å². The summed E-state index contributed by atoms with van der Waals surface area (Å²) >= 11 is 4.86. The zero-order valence-corrected chi connectivity index (χ0v) is 10.2. The van der Waals surface area contributed by atoms with Crippen LogP contribution < -0.4 is 10.5 Å². The number of anilines is 1. The van der Waals surface area contributed by atoms with Crippen LogP contribution in [0.2, 0.25) is 0 Å². The van der Waals surface area contributed by atoms with Crippen LogP contribution in [0.3, 0.4) is 0 Å². The summed E-state index contributed by atoms with van der Waals surface area (Å²) in [7, 11) is 0. The van der Waals surface area contributed by atoms with Crippen molar-refractivity contribution in [2.24, 2.45) is 0 Å². The average molecular weight is 285 g/mol. The number of ether oxygens (including phenoxy) is 1. The molecule has 1 aromatic heterocycles. The van der Waals surface area contributed by atoms with Gasteiger partial charge in [-0.15, -0.1) is 11.3 Å². The molecule has 0 radical (unpaired) electrons. The van der Waals surface area contributed by atoms with Crippen molar-refractivity contribution in [3.05, 3.63) is 39.1 Å². The van der Waals surface area contributed by atoms with Crippen molar-refractivity contribution >= 4 is 33.1 Å². The molecular formula is C10H9BrN2OS. The SMILES string of the molecule is Nc1csc(COc2ccc(Br)cc2)n1. The third-order valence-electron chi connectivity index (χ3n) is 1.75.